The second-order valence-electron chi connectivity index (χ2n) is 4.41. The molecule has 2 aromatic heterocycles. The number of aromatic nitrogens is 3. The van der Waals surface area contributed by atoms with Gasteiger partial charge in [-0.2, -0.15) is 0 Å². The summed E-state index contributed by atoms with van der Waals surface area (Å²) >= 11 is 1.41. The Bertz CT molecular complexity index is 522. The number of carbonyl (C=O) groups is 1. The van der Waals surface area contributed by atoms with Gasteiger partial charge in [0.1, 0.15) is 10.7 Å². The van der Waals surface area contributed by atoms with Crippen LogP contribution in [0.25, 0.3) is 0 Å². The molecule has 19 heavy (non-hydrogen) atoms. The summed E-state index contributed by atoms with van der Waals surface area (Å²) in [5, 5.41) is 5.39. The summed E-state index contributed by atoms with van der Waals surface area (Å²) in [5.41, 5.74) is 5.91. The molecule has 0 spiro atoms. The first-order chi connectivity index (χ1) is 9.19. The maximum atomic E-state index is 11.9. The molecular weight excluding hydrogens is 262 g/mol. The fourth-order valence-corrected chi connectivity index (χ4v) is 2.34. The third kappa shape index (κ3) is 3.87. The number of nitrogens with zero attached hydrogens (tertiary/aromatic N) is 3. The van der Waals surface area contributed by atoms with E-state index in [4.69, 9.17) is 5.73 Å². The Labute approximate surface area is 115 Å². The second kappa shape index (κ2) is 6.44. The fourth-order valence-electron chi connectivity index (χ4n) is 1.69. The number of imidazole rings is 1. The highest BCUT2D eigenvalue weighted by atomic mass is 32.1. The van der Waals surface area contributed by atoms with Gasteiger partial charge in [0.2, 0.25) is 0 Å². The van der Waals surface area contributed by atoms with Crippen LogP contribution in [0.4, 0.5) is 0 Å². The van der Waals surface area contributed by atoms with E-state index in [9.17, 15) is 4.79 Å². The van der Waals surface area contributed by atoms with Gasteiger partial charge in [-0.15, -0.1) is 11.3 Å². The van der Waals surface area contributed by atoms with Gasteiger partial charge in [0, 0.05) is 37.4 Å². The van der Waals surface area contributed by atoms with E-state index in [0.717, 1.165) is 11.6 Å². The van der Waals surface area contributed by atoms with E-state index in [1.807, 2.05) is 10.8 Å². The SMILES string of the molecule is CC(CNC(=O)c1csc(CN)n1)Cn1ccnc1. The molecule has 102 valence electrons. The lowest BCUT2D eigenvalue weighted by Gasteiger charge is -2.12. The molecule has 0 aromatic carbocycles. The number of hydrogen-bond acceptors (Lipinski definition) is 5. The zero-order valence-electron chi connectivity index (χ0n) is 10.7. The largest absolute Gasteiger partial charge is 0.350 e. The monoisotopic (exact) mass is 279 g/mol. The van der Waals surface area contributed by atoms with Gasteiger partial charge in [0.05, 0.1) is 6.33 Å². The Morgan fingerprint density at radius 2 is 2.47 bits per heavy atom. The molecule has 0 aliphatic heterocycles. The predicted octanol–water partition coefficient (Wildman–Crippen LogP) is 0.864. The van der Waals surface area contributed by atoms with E-state index >= 15 is 0 Å². The number of hydrogen-bond donors (Lipinski definition) is 2. The van der Waals surface area contributed by atoms with E-state index < -0.39 is 0 Å². The number of nitrogens with one attached hydrogen (secondary N) is 1. The van der Waals surface area contributed by atoms with E-state index in [-0.39, 0.29) is 5.91 Å². The van der Waals surface area contributed by atoms with Crippen molar-refractivity contribution in [2.45, 2.75) is 20.0 Å². The molecule has 2 aromatic rings. The van der Waals surface area contributed by atoms with Crippen molar-refractivity contribution in [1.29, 1.82) is 0 Å². The van der Waals surface area contributed by atoms with Crippen molar-refractivity contribution >= 4 is 17.2 Å². The van der Waals surface area contributed by atoms with Crippen LogP contribution in [0, 0.1) is 5.92 Å². The number of amides is 1. The molecule has 6 nitrogen and oxygen atoms in total. The lowest BCUT2D eigenvalue weighted by molar-refractivity contribution is 0.0942. The Balaban J connectivity index is 1.79. The Morgan fingerprint density at radius 3 is 3.11 bits per heavy atom. The molecule has 0 radical (unpaired) electrons. The number of thiazole rings is 1. The molecule has 1 unspecified atom stereocenters. The molecule has 0 fully saturated rings. The summed E-state index contributed by atoms with van der Waals surface area (Å²) in [6, 6.07) is 0. The first-order valence-electron chi connectivity index (χ1n) is 6.07. The molecule has 0 saturated heterocycles. The first kappa shape index (κ1) is 13.7. The minimum Gasteiger partial charge on any atom is -0.350 e. The van der Waals surface area contributed by atoms with Gasteiger partial charge in [0.15, 0.2) is 0 Å². The molecule has 2 heterocycles. The quantitative estimate of drug-likeness (QED) is 0.821. The molecule has 0 aliphatic carbocycles. The minimum absolute atomic E-state index is 0.145. The van der Waals surface area contributed by atoms with E-state index in [0.29, 0.717) is 24.7 Å². The van der Waals surface area contributed by atoms with Crippen molar-refractivity contribution in [3.05, 3.63) is 34.8 Å². The molecule has 0 bridgehead atoms. The van der Waals surface area contributed by atoms with Gasteiger partial charge >= 0.3 is 0 Å². The van der Waals surface area contributed by atoms with Crippen molar-refractivity contribution in [3.8, 4) is 0 Å². The lowest BCUT2D eigenvalue weighted by Crippen LogP contribution is -2.30. The van der Waals surface area contributed by atoms with Crippen molar-refractivity contribution in [1.82, 2.24) is 19.9 Å². The fraction of sp³-hybridized carbons (Fsp3) is 0.417. The van der Waals surface area contributed by atoms with Crippen LogP contribution in [0.2, 0.25) is 0 Å². The van der Waals surface area contributed by atoms with Crippen LogP contribution in [0.3, 0.4) is 0 Å². The van der Waals surface area contributed by atoms with E-state index in [1.165, 1.54) is 11.3 Å². The Morgan fingerprint density at radius 1 is 1.63 bits per heavy atom. The highest BCUT2D eigenvalue weighted by Gasteiger charge is 2.11. The van der Waals surface area contributed by atoms with Gasteiger partial charge in [-0.1, -0.05) is 6.92 Å². The average molecular weight is 279 g/mol. The number of nitrogens with two attached hydrogens (primary N) is 1. The van der Waals surface area contributed by atoms with Gasteiger partial charge in [0.25, 0.3) is 5.91 Å². The molecular formula is C12H17N5OS. The van der Waals surface area contributed by atoms with Crippen LogP contribution in [0.5, 0.6) is 0 Å². The Kier molecular flexibility index (Phi) is 4.64. The van der Waals surface area contributed by atoms with Crippen molar-refractivity contribution < 1.29 is 4.79 Å². The molecule has 1 amide bonds. The standard InChI is InChI=1S/C12H17N5OS/c1-9(6-17-3-2-14-8-17)5-15-12(18)10-7-19-11(4-13)16-10/h2-3,7-9H,4-6,13H2,1H3,(H,15,18). The summed E-state index contributed by atoms with van der Waals surface area (Å²) in [6.45, 7) is 3.87. The Hall–Kier alpha value is -1.73. The smallest absolute Gasteiger partial charge is 0.270 e. The average Bonchev–Trinajstić information content (AvgIpc) is 3.06. The maximum absolute atomic E-state index is 11.9. The predicted molar refractivity (Wildman–Crippen MR) is 73.7 cm³/mol. The van der Waals surface area contributed by atoms with Crippen LogP contribution < -0.4 is 11.1 Å². The second-order valence-corrected chi connectivity index (χ2v) is 5.35. The summed E-state index contributed by atoms with van der Waals surface area (Å²) in [6.07, 6.45) is 5.42. The molecule has 7 heteroatoms. The van der Waals surface area contributed by atoms with Crippen LogP contribution in [-0.4, -0.2) is 27.0 Å². The highest BCUT2D eigenvalue weighted by molar-refractivity contribution is 7.09. The van der Waals surface area contributed by atoms with Crippen molar-refractivity contribution in [2.75, 3.05) is 6.54 Å². The summed E-state index contributed by atoms with van der Waals surface area (Å²) < 4.78 is 1.99. The number of rotatable bonds is 6. The molecule has 2 rings (SSSR count). The summed E-state index contributed by atoms with van der Waals surface area (Å²) in [5.74, 6) is 0.180. The lowest BCUT2D eigenvalue weighted by atomic mass is 10.2. The first-order valence-corrected chi connectivity index (χ1v) is 6.95. The van der Waals surface area contributed by atoms with Crippen molar-refractivity contribution in [2.24, 2.45) is 11.7 Å². The van der Waals surface area contributed by atoms with Gasteiger partial charge in [-0.25, -0.2) is 9.97 Å². The van der Waals surface area contributed by atoms with Gasteiger partial charge in [-0.05, 0) is 5.92 Å². The maximum Gasteiger partial charge on any atom is 0.270 e. The molecule has 0 aliphatic rings. The molecule has 1 atom stereocenters. The summed E-state index contributed by atoms with van der Waals surface area (Å²) in [7, 11) is 0. The third-order valence-electron chi connectivity index (χ3n) is 2.65. The zero-order valence-corrected chi connectivity index (χ0v) is 11.6. The van der Waals surface area contributed by atoms with Crippen LogP contribution in [0.15, 0.2) is 24.1 Å². The number of carbonyl (C=O) groups excluding carboxylic acids is 1. The van der Waals surface area contributed by atoms with Crippen LogP contribution >= 0.6 is 11.3 Å². The normalized spacial score (nSPS) is 12.3. The van der Waals surface area contributed by atoms with Crippen LogP contribution in [-0.2, 0) is 13.1 Å². The van der Waals surface area contributed by atoms with E-state index in [2.05, 4.69) is 22.2 Å². The van der Waals surface area contributed by atoms with Crippen molar-refractivity contribution in [3.63, 3.8) is 0 Å². The van der Waals surface area contributed by atoms with Gasteiger partial charge < -0.3 is 15.6 Å². The minimum atomic E-state index is -0.145. The third-order valence-corrected chi connectivity index (χ3v) is 3.52. The zero-order chi connectivity index (χ0) is 13.7. The van der Waals surface area contributed by atoms with Crippen LogP contribution in [0.1, 0.15) is 22.4 Å². The van der Waals surface area contributed by atoms with Gasteiger partial charge in [-0.3, -0.25) is 4.79 Å². The summed E-state index contributed by atoms with van der Waals surface area (Å²) in [4.78, 5) is 20.0. The molecule has 3 N–H and O–H groups in total. The molecule has 0 saturated carbocycles. The van der Waals surface area contributed by atoms with E-state index in [1.54, 1.807) is 17.9 Å². The topological polar surface area (TPSA) is 85.8 Å². The highest BCUT2D eigenvalue weighted by Crippen LogP contribution is 2.08.